The molecule has 1 unspecified atom stereocenters. The van der Waals surface area contributed by atoms with Crippen molar-refractivity contribution in [2.45, 2.75) is 50.8 Å². The number of morpholine rings is 1. The molecule has 2 aliphatic rings. The molecular formula is C19H25F3N2O2. The van der Waals surface area contributed by atoms with E-state index >= 15 is 0 Å². The first kappa shape index (κ1) is 19.0. The molecule has 4 nitrogen and oxygen atoms in total. The minimum atomic E-state index is -4.33. The van der Waals surface area contributed by atoms with Gasteiger partial charge in [0.25, 0.3) is 0 Å². The number of nitrogens with zero attached hydrogens (tertiary/aromatic N) is 1. The molecular weight excluding hydrogens is 345 g/mol. The number of carbonyl (C=O) groups excluding carboxylic acids is 1. The van der Waals surface area contributed by atoms with Crippen molar-refractivity contribution in [1.29, 1.82) is 0 Å². The second kappa shape index (κ2) is 6.44. The lowest BCUT2D eigenvalue weighted by molar-refractivity contribution is -0.180. The van der Waals surface area contributed by atoms with Gasteiger partial charge in [-0.15, -0.1) is 0 Å². The first-order valence-corrected chi connectivity index (χ1v) is 8.90. The zero-order valence-corrected chi connectivity index (χ0v) is 15.3. The molecule has 1 aromatic carbocycles. The molecule has 1 aliphatic carbocycles. The van der Waals surface area contributed by atoms with Crippen LogP contribution in [0.1, 0.15) is 39.2 Å². The van der Waals surface area contributed by atoms with E-state index in [9.17, 15) is 18.0 Å². The van der Waals surface area contributed by atoms with Crippen LogP contribution in [0.15, 0.2) is 24.3 Å². The van der Waals surface area contributed by atoms with E-state index in [2.05, 4.69) is 5.32 Å². The largest absolute Gasteiger partial charge is 0.397 e. The Bertz CT molecular complexity index is 668. The molecule has 0 radical (unpaired) electrons. The van der Waals surface area contributed by atoms with Gasteiger partial charge in [0, 0.05) is 12.2 Å². The number of hydrogen-bond donors (Lipinski definition) is 1. The molecule has 1 heterocycles. The first-order valence-electron chi connectivity index (χ1n) is 8.90. The van der Waals surface area contributed by atoms with Gasteiger partial charge >= 0.3 is 12.2 Å². The highest BCUT2D eigenvalue weighted by atomic mass is 19.4. The molecule has 7 heteroatoms. The number of rotatable bonds is 3. The smallest absolute Gasteiger partial charge is 0.371 e. The maximum Gasteiger partial charge on any atom is 0.397 e. The third kappa shape index (κ3) is 3.68. The molecule has 1 atom stereocenters. The second-order valence-corrected chi connectivity index (χ2v) is 7.99. The summed E-state index contributed by atoms with van der Waals surface area (Å²) in [4.78, 5) is 14.2. The molecule has 0 bridgehead atoms. The van der Waals surface area contributed by atoms with E-state index in [1.54, 1.807) is 4.90 Å². The molecule has 1 saturated carbocycles. The average Bonchev–Trinajstić information content (AvgIpc) is 3.40. The Morgan fingerprint density at radius 1 is 1.23 bits per heavy atom. The highest BCUT2D eigenvalue weighted by Gasteiger charge is 2.48. The number of benzene rings is 1. The lowest BCUT2D eigenvalue weighted by Crippen LogP contribution is -2.54. The molecule has 0 aromatic heterocycles. The fourth-order valence-electron chi connectivity index (χ4n) is 3.34. The summed E-state index contributed by atoms with van der Waals surface area (Å²) in [7, 11) is 0. The van der Waals surface area contributed by atoms with Crippen LogP contribution in [0.2, 0.25) is 0 Å². The predicted octanol–water partition coefficient (Wildman–Crippen LogP) is 4.56. The molecule has 2 fully saturated rings. The topological polar surface area (TPSA) is 41.6 Å². The van der Waals surface area contributed by atoms with Gasteiger partial charge in [0.2, 0.25) is 0 Å². The maximum absolute atomic E-state index is 13.1. The molecule has 1 aromatic rings. The van der Waals surface area contributed by atoms with E-state index in [0.29, 0.717) is 31.3 Å². The fraction of sp³-hybridized carbons (Fsp3) is 0.632. The van der Waals surface area contributed by atoms with Crippen LogP contribution in [-0.2, 0) is 10.2 Å². The van der Waals surface area contributed by atoms with Gasteiger partial charge in [0.15, 0.2) is 0 Å². The Morgan fingerprint density at radius 2 is 1.85 bits per heavy atom. The van der Waals surface area contributed by atoms with Gasteiger partial charge in [-0.2, -0.15) is 13.2 Å². The van der Waals surface area contributed by atoms with Crippen LogP contribution in [-0.4, -0.2) is 42.4 Å². The number of nitrogens with one attached hydrogen (secondary N) is 1. The van der Waals surface area contributed by atoms with E-state index in [4.69, 9.17) is 4.74 Å². The van der Waals surface area contributed by atoms with Crippen molar-refractivity contribution >= 4 is 11.7 Å². The van der Waals surface area contributed by atoms with Crippen molar-refractivity contribution in [2.75, 3.05) is 25.0 Å². The standard InChI is InChI=1S/C19H25F3N2O2/c1-17(2,19(20,21)22)13-6-8-15(9-7-13)23-16(25)24-10-11-26-18(3,12-24)14-4-5-14/h6-9,14H,4-5,10-12H2,1-3H3,(H,23,25). The van der Waals surface area contributed by atoms with Crippen molar-refractivity contribution in [2.24, 2.45) is 5.92 Å². The third-order valence-corrected chi connectivity index (χ3v) is 5.59. The first-order chi connectivity index (χ1) is 12.0. The number of halogens is 3. The zero-order valence-electron chi connectivity index (χ0n) is 15.3. The third-order valence-electron chi connectivity index (χ3n) is 5.59. The second-order valence-electron chi connectivity index (χ2n) is 7.99. The molecule has 26 heavy (non-hydrogen) atoms. The summed E-state index contributed by atoms with van der Waals surface area (Å²) in [6, 6.07) is 5.61. The minimum Gasteiger partial charge on any atom is -0.371 e. The quantitative estimate of drug-likeness (QED) is 0.848. The van der Waals surface area contributed by atoms with Crippen molar-refractivity contribution in [3.63, 3.8) is 0 Å². The number of hydrogen-bond acceptors (Lipinski definition) is 2. The predicted molar refractivity (Wildman–Crippen MR) is 93.2 cm³/mol. The van der Waals surface area contributed by atoms with E-state index in [1.807, 2.05) is 6.92 Å². The van der Waals surface area contributed by atoms with Crippen molar-refractivity contribution < 1.29 is 22.7 Å². The normalized spacial score (nSPS) is 24.5. The zero-order chi connectivity index (χ0) is 19.2. The van der Waals surface area contributed by atoms with Crippen molar-refractivity contribution in [3.8, 4) is 0 Å². The number of urea groups is 1. The van der Waals surface area contributed by atoms with Crippen LogP contribution >= 0.6 is 0 Å². The molecule has 1 aliphatic heterocycles. The molecule has 0 spiro atoms. The van der Waals surface area contributed by atoms with Crippen LogP contribution in [0.4, 0.5) is 23.7 Å². The summed E-state index contributed by atoms with van der Waals surface area (Å²) >= 11 is 0. The Hall–Kier alpha value is -1.76. The molecule has 1 saturated heterocycles. The number of alkyl halides is 3. The summed E-state index contributed by atoms with van der Waals surface area (Å²) < 4.78 is 45.3. The molecule has 3 rings (SSSR count). The SMILES string of the molecule is CC1(C2CC2)CN(C(=O)Nc2ccc(C(C)(C)C(F)(F)F)cc2)CCO1. The van der Waals surface area contributed by atoms with E-state index in [-0.39, 0.29) is 17.2 Å². The van der Waals surface area contributed by atoms with Gasteiger partial charge in [-0.05, 0) is 57.2 Å². The molecule has 2 amide bonds. The van der Waals surface area contributed by atoms with E-state index in [0.717, 1.165) is 26.7 Å². The lowest BCUT2D eigenvalue weighted by atomic mass is 9.84. The van der Waals surface area contributed by atoms with Crippen molar-refractivity contribution in [1.82, 2.24) is 4.90 Å². The maximum atomic E-state index is 13.1. The van der Waals surface area contributed by atoms with Crippen LogP contribution in [0.25, 0.3) is 0 Å². The average molecular weight is 370 g/mol. The lowest BCUT2D eigenvalue weighted by Gasteiger charge is -2.40. The highest BCUT2D eigenvalue weighted by Crippen LogP contribution is 2.43. The fourth-order valence-corrected chi connectivity index (χ4v) is 3.34. The Kier molecular flexibility index (Phi) is 4.71. The summed E-state index contributed by atoms with van der Waals surface area (Å²) in [5, 5.41) is 2.78. The van der Waals surface area contributed by atoms with Gasteiger partial charge in [-0.25, -0.2) is 4.79 Å². The van der Waals surface area contributed by atoms with Gasteiger partial charge in [0.1, 0.15) is 0 Å². The Balaban J connectivity index is 1.64. The Morgan fingerprint density at radius 3 is 2.38 bits per heavy atom. The van der Waals surface area contributed by atoms with E-state index in [1.165, 1.54) is 24.3 Å². The van der Waals surface area contributed by atoms with Gasteiger partial charge in [-0.1, -0.05) is 12.1 Å². The summed E-state index contributed by atoms with van der Waals surface area (Å²) in [5.41, 5.74) is -1.59. The molecule has 1 N–H and O–H groups in total. The summed E-state index contributed by atoms with van der Waals surface area (Å²) in [5.74, 6) is 0.502. The van der Waals surface area contributed by atoms with E-state index < -0.39 is 11.6 Å². The van der Waals surface area contributed by atoms with Crippen molar-refractivity contribution in [3.05, 3.63) is 29.8 Å². The van der Waals surface area contributed by atoms with Crippen LogP contribution in [0.3, 0.4) is 0 Å². The number of ether oxygens (including phenoxy) is 1. The molecule has 144 valence electrons. The number of carbonyl (C=O) groups is 1. The minimum absolute atomic E-state index is 0.163. The van der Waals surface area contributed by atoms with Gasteiger partial charge in [-0.3, -0.25) is 0 Å². The number of amides is 2. The highest BCUT2D eigenvalue weighted by molar-refractivity contribution is 5.89. The monoisotopic (exact) mass is 370 g/mol. The summed E-state index contributed by atoms with van der Waals surface area (Å²) in [6.45, 7) is 5.87. The number of anilines is 1. The van der Waals surface area contributed by atoms with Crippen LogP contribution in [0, 0.1) is 5.92 Å². The van der Waals surface area contributed by atoms with Crippen LogP contribution in [0.5, 0.6) is 0 Å². The van der Waals surface area contributed by atoms with Gasteiger partial charge < -0.3 is 15.0 Å². The Labute approximate surface area is 151 Å². The van der Waals surface area contributed by atoms with Crippen LogP contribution < -0.4 is 5.32 Å². The summed E-state index contributed by atoms with van der Waals surface area (Å²) in [6.07, 6.45) is -2.08. The van der Waals surface area contributed by atoms with Gasteiger partial charge in [0.05, 0.1) is 24.2 Å².